The summed E-state index contributed by atoms with van der Waals surface area (Å²) in [5.74, 6) is -0.833. The molecule has 0 amide bonds. The molecule has 0 aliphatic rings. The van der Waals surface area contributed by atoms with Gasteiger partial charge in [-0.1, -0.05) is 17.7 Å². The SMILES string of the molecule is Cc1cc(C)c(CNC(C)(C)C(=O)O)c(C)c1. The van der Waals surface area contributed by atoms with Crippen molar-refractivity contribution in [2.24, 2.45) is 0 Å². The van der Waals surface area contributed by atoms with Gasteiger partial charge in [-0.3, -0.25) is 10.1 Å². The van der Waals surface area contributed by atoms with Gasteiger partial charge in [0.05, 0.1) is 0 Å². The highest BCUT2D eigenvalue weighted by atomic mass is 16.4. The van der Waals surface area contributed by atoms with Crippen LogP contribution in [0.25, 0.3) is 0 Å². The zero-order valence-corrected chi connectivity index (χ0v) is 11.2. The van der Waals surface area contributed by atoms with Crippen molar-refractivity contribution in [3.05, 3.63) is 34.4 Å². The Morgan fingerprint density at radius 2 is 1.71 bits per heavy atom. The molecular weight excluding hydrogens is 214 g/mol. The Kier molecular flexibility index (Phi) is 3.94. The lowest BCUT2D eigenvalue weighted by Gasteiger charge is -2.22. The summed E-state index contributed by atoms with van der Waals surface area (Å²) >= 11 is 0. The molecule has 0 radical (unpaired) electrons. The fourth-order valence-corrected chi connectivity index (χ4v) is 1.87. The van der Waals surface area contributed by atoms with E-state index in [4.69, 9.17) is 5.11 Å². The Labute approximate surface area is 103 Å². The Hall–Kier alpha value is -1.35. The van der Waals surface area contributed by atoms with Crippen molar-refractivity contribution in [3.8, 4) is 0 Å². The molecule has 3 nitrogen and oxygen atoms in total. The Balaban J connectivity index is 2.87. The van der Waals surface area contributed by atoms with Gasteiger partial charge in [0, 0.05) is 6.54 Å². The topological polar surface area (TPSA) is 49.3 Å². The highest BCUT2D eigenvalue weighted by Crippen LogP contribution is 2.17. The minimum absolute atomic E-state index is 0.581. The van der Waals surface area contributed by atoms with Crippen LogP contribution in [0.2, 0.25) is 0 Å². The quantitative estimate of drug-likeness (QED) is 0.843. The Bertz CT molecular complexity index is 413. The van der Waals surface area contributed by atoms with E-state index in [1.54, 1.807) is 13.8 Å². The molecule has 17 heavy (non-hydrogen) atoms. The van der Waals surface area contributed by atoms with Crippen LogP contribution in [-0.2, 0) is 11.3 Å². The standard InChI is InChI=1S/C14H21NO2/c1-9-6-10(2)12(11(3)7-9)8-15-14(4,5)13(16)17/h6-7,15H,8H2,1-5H3,(H,16,17). The minimum atomic E-state index is -0.899. The molecule has 2 N–H and O–H groups in total. The van der Waals surface area contributed by atoms with Crippen LogP contribution in [0.1, 0.15) is 36.1 Å². The molecule has 0 atom stereocenters. The van der Waals surface area contributed by atoms with Gasteiger partial charge >= 0.3 is 5.97 Å². The summed E-state index contributed by atoms with van der Waals surface area (Å²) < 4.78 is 0. The fourth-order valence-electron chi connectivity index (χ4n) is 1.87. The van der Waals surface area contributed by atoms with Crippen LogP contribution >= 0.6 is 0 Å². The predicted octanol–water partition coefficient (Wildman–Crippen LogP) is 2.56. The first-order valence-electron chi connectivity index (χ1n) is 5.79. The number of aliphatic carboxylic acids is 1. The largest absolute Gasteiger partial charge is 0.480 e. The van der Waals surface area contributed by atoms with E-state index in [2.05, 4.69) is 38.2 Å². The maximum absolute atomic E-state index is 11.0. The minimum Gasteiger partial charge on any atom is -0.480 e. The molecule has 1 aromatic carbocycles. The van der Waals surface area contributed by atoms with Gasteiger partial charge in [0.2, 0.25) is 0 Å². The monoisotopic (exact) mass is 235 g/mol. The molecule has 94 valence electrons. The molecule has 1 aromatic rings. The molecule has 0 aliphatic heterocycles. The average Bonchev–Trinajstić information content (AvgIpc) is 2.15. The first-order chi connectivity index (χ1) is 7.74. The number of nitrogens with one attached hydrogen (secondary N) is 1. The van der Waals surface area contributed by atoms with E-state index in [9.17, 15) is 4.79 Å². The average molecular weight is 235 g/mol. The van der Waals surface area contributed by atoms with E-state index in [1.807, 2.05) is 0 Å². The third-order valence-electron chi connectivity index (χ3n) is 3.08. The molecule has 0 aliphatic carbocycles. The molecule has 0 fully saturated rings. The third kappa shape index (κ3) is 3.30. The lowest BCUT2D eigenvalue weighted by atomic mass is 9.98. The fraction of sp³-hybridized carbons (Fsp3) is 0.500. The van der Waals surface area contributed by atoms with Crippen LogP contribution in [0, 0.1) is 20.8 Å². The van der Waals surface area contributed by atoms with Gasteiger partial charge in [0.25, 0.3) is 0 Å². The first kappa shape index (κ1) is 13.7. The summed E-state index contributed by atoms with van der Waals surface area (Å²) in [7, 11) is 0. The molecule has 0 bridgehead atoms. The van der Waals surface area contributed by atoms with Gasteiger partial charge in [-0.05, 0) is 51.3 Å². The second kappa shape index (κ2) is 4.88. The summed E-state index contributed by atoms with van der Waals surface area (Å²) in [4.78, 5) is 11.0. The molecule has 0 saturated heterocycles. The number of aryl methyl sites for hydroxylation is 3. The van der Waals surface area contributed by atoms with Crippen molar-refractivity contribution in [1.29, 1.82) is 0 Å². The summed E-state index contributed by atoms with van der Waals surface area (Å²) in [5, 5.41) is 12.1. The van der Waals surface area contributed by atoms with Crippen LogP contribution < -0.4 is 5.32 Å². The van der Waals surface area contributed by atoms with Crippen LogP contribution in [0.3, 0.4) is 0 Å². The number of hydrogen-bond donors (Lipinski definition) is 2. The summed E-state index contributed by atoms with van der Waals surface area (Å²) in [6, 6.07) is 4.25. The predicted molar refractivity (Wildman–Crippen MR) is 69.2 cm³/mol. The first-order valence-corrected chi connectivity index (χ1v) is 5.79. The maximum Gasteiger partial charge on any atom is 0.323 e. The highest BCUT2D eigenvalue weighted by molar-refractivity contribution is 5.77. The lowest BCUT2D eigenvalue weighted by molar-refractivity contribution is -0.143. The number of rotatable bonds is 4. The van der Waals surface area contributed by atoms with Gasteiger partial charge in [-0.15, -0.1) is 0 Å². The van der Waals surface area contributed by atoms with Gasteiger partial charge in [-0.2, -0.15) is 0 Å². The van der Waals surface area contributed by atoms with Crippen molar-refractivity contribution in [2.45, 2.75) is 46.7 Å². The third-order valence-corrected chi connectivity index (χ3v) is 3.08. The van der Waals surface area contributed by atoms with Crippen molar-refractivity contribution in [3.63, 3.8) is 0 Å². The number of hydrogen-bond acceptors (Lipinski definition) is 2. The Morgan fingerprint density at radius 3 is 2.12 bits per heavy atom. The van der Waals surface area contributed by atoms with Crippen molar-refractivity contribution >= 4 is 5.97 Å². The number of carboxylic acids is 1. The molecule has 0 unspecified atom stereocenters. The van der Waals surface area contributed by atoms with E-state index in [-0.39, 0.29) is 0 Å². The molecule has 1 rings (SSSR count). The highest BCUT2D eigenvalue weighted by Gasteiger charge is 2.26. The van der Waals surface area contributed by atoms with Crippen LogP contribution in [0.5, 0.6) is 0 Å². The van der Waals surface area contributed by atoms with Crippen molar-refractivity contribution in [2.75, 3.05) is 0 Å². The van der Waals surface area contributed by atoms with Crippen molar-refractivity contribution < 1.29 is 9.90 Å². The van der Waals surface area contributed by atoms with Gasteiger partial charge in [0.15, 0.2) is 0 Å². The van der Waals surface area contributed by atoms with E-state index in [0.717, 1.165) is 0 Å². The van der Waals surface area contributed by atoms with E-state index >= 15 is 0 Å². The van der Waals surface area contributed by atoms with E-state index in [0.29, 0.717) is 6.54 Å². The summed E-state index contributed by atoms with van der Waals surface area (Å²) in [5.41, 5.74) is 3.93. The summed E-state index contributed by atoms with van der Waals surface area (Å²) in [6.07, 6.45) is 0. The number of carbonyl (C=O) groups is 1. The zero-order valence-electron chi connectivity index (χ0n) is 11.2. The molecule has 0 aromatic heterocycles. The molecule has 3 heteroatoms. The smallest absolute Gasteiger partial charge is 0.323 e. The Morgan fingerprint density at radius 1 is 1.24 bits per heavy atom. The van der Waals surface area contributed by atoms with Gasteiger partial charge < -0.3 is 5.11 Å². The van der Waals surface area contributed by atoms with Crippen LogP contribution in [0.15, 0.2) is 12.1 Å². The normalized spacial score (nSPS) is 11.6. The number of benzene rings is 1. The lowest BCUT2D eigenvalue weighted by Crippen LogP contribution is -2.46. The summed E-state index contributed by atoms with van der Waals surface area (Å²) in [6.45, 7) is 10.1. The van der Waals surface area contributed by atoms with E-state index in [1.165, 1.54) is 22.3 Å². The van der Waals surface area contributed by atoms with E-state index < -0.39 is 11.5 Å². The van der Waals surface area contributed by atoms with Crippen LogP contribution in [-0.4, -0.2) is 16.6 Å². The van der Waals surface area contributed by atoms with Gasteiger partial charge in [-0.25, -0.2) is 0 Å². The molecule has 0 saturated carbocycles. The van der Waals surface area contributed by atoms with Gasteiger partial charge in [0.1, 0.15) is 5.54 Å². The molecular formula is C14H21NO2. The molecule has 0 spiro atoms. The van der Waals surface area contributed by atoms with Crippen molar-refractivity contribution in [1.82, 2.24) is 5.32 Å². The zero-order chi connectivity index (χ0) is 13.2. The maximum atomic E-state index is 11.0. The second-order valence-corrected chi connectivity index (χ2v) is 5.16. The number of carboxylic acid groups (broad SMARTS) is 1. The molecule has 0 heterocycles. The van der Waals surface area contributed by atoms with Crippen LogP contribution in [0.4, 0.5) is 0 Å². The second-order valence-electron chi connectivity index (χ2n) is 5.16.